The lowest BCUT2D eigenvalue weighted by molar-refractivity contribution is -0.182. The summed E-state index contributed by atoms with van der Waals surface area (Å²) in [6.45, 7) is 5.02. The normalized spacial score (nSPS) is 19.8. The maximum absolute atomic E-state index is 13.7. The van der Waals surface area contributed by atoms with Crippen molar-refractivity contribution in [2.75, 3.05) is 18.5 Å². The van der Waals surface area contributed by atoms with E-state index in [4.69, 9.17) is 9.47 Å². The molecule has 2 aromatic heterocycles. The van der Waals surface area contributed by atoms with Crippen LogP contribution in [0.3, 0.4) is 0 Å². The van der Waals surface area contributed by atoms with Crippen molar-refractivity contribution < 1.29 is 23.0 Å². The van der Waals surface area contributed by atoms with E-state index in [2.05, 4.69) is 20.3 Å². The van der Waals surface area contributed by atoms with Crippen molar-refractivity contribution in [1.29, 1.82) is 0 Å². The van der Waals surface area contributed by atoms with E-state index in [0.717, 1.165) is 6.42 Å². The van der Waals surface area contributed by atoms with E-state index in [0.29, 0.717) is 54.4 Å². The predicted molar refractivity (Wildman–Crippen MR) is 114 cm³/mol. The maximum Gasteiger partial charge on any atom is 0.258 e. The summed E-state index contributed by atoms with van der Waals surface area (Å²) in [4.78, 5) is 26.1. The molecule has 1 aliphatic carbocycles. The Morgan fingerprint density at radius 1 is 1.12 bits per heavy atom. The number of pyridine rings is 1. The molecule has 0 bridgehead atoms. The minimum Gasteiger partial charge on any atom is -0.348 e. The topological polar surface area (TPSA) is 86.2 Å². The molecule has 1 amide bonds. The number of ether oxygens (including phenoxy) is 2. The van der Waals surface area contributed by atoms with Gasteiger partial charge in [-0.2, -0.15) is 0 Å². The standard InChI is InChI=1S/C23H28F2N4O3/c1-14(2)20-27-12-16(13-28-20)21(30)29-19-17(22-31-10-3-11-32-22)6-9-26-18(19)15-4-7-23(24,25)8-5-15/h6,9,12-15,22H,3-5,7-8,10-11H2,1-2H3,(H,29,30). The number of carbonyl (C=O) groups is 1. The number of nitrogens with one attached hydrogen (secondary N) is 1. The average molecular weight is 446 g/mol. The third-order valence-electron chi connectivity index (χ3n) is 5.89. The maximum atomic E-state index is 13.7. The first-order valence-electron chi connectivity index (χ1n) is 11.1. The summed E-state index contributed by atoms with van der Waals surface area (Å²) >= 11 is 0. The van der Waals surface area contributed by atoms with Gasteiger partial charge in [0.1, 0.15) is 5.82 Å². The fourth-order valence-corrected chi connectivity index (χ4v) is 4.06. The quantitative estimate of drug-likeness (QED) is 0.698. The van der Waals surface area contributed by atoms with E-state index in [1.54, 1.807) is 12.3 Å². The molecule has 1 saturated heterocycles. The Labute approximate surface area is 186 Å². The predicted octanol–water partition coefficient (Wildman–Crippen LogP) is 4.98. The smallest absolute Gasteiger partial charge is 0.258 e. The minimum absolute atomic E-state index is 0.147. The number of halogens is 2. The number of hydrogen-bond donors (Lipinski definition) is 1. The van der Waals surface area contributed by atoms with Gasteiger partial charge in [-0.05, 0) is 25.3 Å². The molecule has 2 aliphatic rings. The molecule has 32 heavy (non-hydrogen) atoms. The van der Waals surface area contributed by atoms with E-state index in [-0.39, 0.29) is 24.7 Å². The van der Waals surface area contributed by atoms with Gasteiger partial charge < -0.3 is 14.8 Å². The summed E-state index contributed by atoms with van der Waals surface area (Å²) in [6.07, 6.45) is 4.93. The van der Waals surface area contributed by atoms with Crippen molar-refractivity contribution in [2.24, 2.45) is 0 Å². The number of nitrogens with zero attached hydrogens (tertiary/aromatic N) is 3. The van der Waals surface area contributed by atoms with E-state index in [1.807, 2.05) is 13.8 Å². The van der Waals surface area contributed by atoms with Gasteiger partial charge in [-0.15, -0.1) is 0 Å². The summed E-state index contributed by atoms with van der Waals surface area (Å²) in [6, 6.07) is 1.74. The monoisotopic (exact) mass is 446 g/mol. The molecule has 0 spiro atoms. The number of aromatic nitrogens is 3. The lowest BCUT2D eigenvalue weighted by Crippen LogP contribution is -2.26. The van der Waals surface area contributed by atoms with Crippen LogP contribution in [0.15, 0.2) is 24.7 Å². The average Bonchev–Trinajstić information content (AvgIpc) is 2.80. The molecule has 1 saturated carbocycles. The number of amides is 1. The number of rotatable bonds is 5. The molecular formula is C23H28F2N4O3. The zero-order chi connectivity index (χ0) is 22.7. The Hall–Kier alpha value is -2.52. The lowest BCUT2D eigenvalue weighted by Gasteiger charge is -2.31. The molecule has 1 N–H and O–H groups in total. The Balaban J connectivity index is 1.65. The Bertz CT molecular complexity index is 937. The Kier molecular flexibility index (Phi) is 6.76. The molecule has 3 heterocycles. The van der Waals surface area contributed by atoms with Gasteiger partial charge in [0, 0.05) is 48.8 Å². The summed E-state index contributed by atoms with van der Waals surface area (Å²) in [5, 5.41) is 2.93. The lowest BCUT2D eigenvalue weighted by atomic mass is 9.83. The van der Waals surface area contributed by atoms with Crippen LogP contribution in [0.2, 0.25) is 0 Å². The van der Waals surface area contributed by atoms with Crippen LogP contribution in [0.4, 0.5) is 14.5 Å². The highest BCUT2D eigenvalue weighted by atomic mass is 19.3. The number of carbonyl (C=O) groups excluding carboxylic acids is 1. The van der Waals surface area contributed by atoms with Gasteiger partial charge in [0.25, 0.3) is 5.91 Å². The molecule has 0 atom stereocenters. The second-order valence-electron chi connectivity index (χ2n) is 8.66. The van der Waals surface area contributed by atoms with E-state index in [9.17, 15) is 13.6 Å². The Morgan fingerprint density at radius 3 is 2.41 bits per heavy atom. The molecule has 9 heteroatoms. The molecule has 2 fully saturated rings. The summed E-state index contributed by atoms with van der Waals surface area (Å²) in [5.41, 5.74) is 1.99. The van der Waals surface area contributed by atoms with Gasteiger partial charge in [-0.3, -0.25) is 9.78 Å². The van der Waals surface area contributed by atoms with Crippen LogP contribution in [0.5, 0.6) is 0 Å². The van der Waals surface area contributed by atoms with Crippen LogP contribution in [0.25, 0.3) is 0 Å². The van der Waals surface area contributed by atoms with Crippen LogP contribution in [0, 0.1) is 0 Å². The van der Waals surface area contributed by atoms with Crippen LogP contribution in [-0.4, -0.2) is 40.0 Å². The summed E-state index contributed by atoms with van der Waals surface area (Å²) in [7, 11) is 0. The summed E-state index contributed by atoms with van der Waals surface area (Å²) in [5.74, 6) is -2.44. The van der Waals surface area contributed by atoms with Gasteiger partial charge in [0.05, 0.1) is 30.2 Å². The fourth-order valence-electron chi connectivity index (χ4n) is 4.06. The molecular weight excluding hydrogens is 418 g/mol. The number of anilines is 1. The van der Waals surface area contributed by atoms with Crippen molar-refractivity contribution in [3.05, 3.63) is 47.3 Å². The van der Waals surface area contributed by atoms with Crippen LogP contribution in [0.1, 0.15) is 91.5 Å². The molecule has 0 aromatic carbocycles. The number of hydrogen-bond acceptors (Lipinski definition) is 6. The summed E-state index contributed by atoms with van der Waals surface area (Å²) < 4.78 is 39.0. The van der Waals surface area contributed by atoms with E-state index < -0.39 is 18.1 Å². The van der Waals surface area contributed by atoms with Gasteiger partial charge in [-0.25, -0.2) is 18.7 Å². The zero-order valence-corrected chi connectivity index (χ0v) is 18.3. The highest BCUT2D eigenvalue weighted by molar-refractivity contribution is 6.04. The first-order chi connectivity index (χ1) is 15.3. The van der Waals surface area contributed by atoms with Crippen LogP contribution in [-0.2, 0) is 9.47 Å². The van der Waals surface area contributed by atoms with Crippen molar-refractivity contribution in [2.45, 2.75) is 70.0 Å². The largest absolute Gasteiger partial charge is 0.348 e. The first-order valence-corrected chi connectivity index (χ1v) is 11.1. The van der Waals surface area contributed by atoms with Gasteiger partial charge in [-0.1, -0.05) is 13.8 Å². The SMILES string of the molecule is CC(C)c1ncc(C(=O)Nc2c(C3OCCCO3)ccnc2C2CCC(F)(F)CC2)cn1. The van der Waals surface area contributed by atoms with E-state index >= 15 is 0 Å². The molecule has 0 unspecified atom stereocenters. The van der Waals surface area contributed by atoms with Gasteiger partial charge >= 0.3 is 0 Å². The number of alkyl halides is 2. The molecule has 0 radical (unpaired) electrons. The van der Waals surface area contributed by atoms with Crippen LogP contribution >= 0.6 is 0 Å². The molecule has 1 aliphatic heterocycles. The fraction of sp³-hybridized carbons (Fsp3) is 0.565. The third-order valence-corrected chi connectivity index (χ3v) is 5.89. The van der Waals surface area contributed by atoms with Crippen molar-refractivity contribution in [3.8, 4) is 0 Å². The highest BCUT2D eigenvalue weighted by Gasteiger charge is 2.37. The second-order valence-corrected chi connectivity index (χ2v) is 8.66. The van der Waals surface area contributed by atoms with Crippen molar-refractivity contribution >= 4 is 11.6 Å². The third kappa shape index (κ3) is 5.10. The highest BCUT2D eigenvalue weighted by Crippen LogP contribution is 2.44. The molecule has 172 valence electrons. The van der Waals surface area contributed by atoms with Gasteiger partial charge in [0.2, 0.25) is 5.92 Å². The first kappa shape index (κ1) is 22.7. The zero-order valence-electron chi connectivity index (χ0n) is 18.3. The van der Waals surface area contributed by atoms with Crippen molar-refractivity contribution in [1.82, 2.24) is 15.0 Å². The second kappa shape index (κ2) is 9.54. The minimum atomic E-state index is -2.65. The molecule has 2 aromatic rings. The molecule has 7 nitrogen and oxygen atoms in total. The van der Waals surface area contributed by atoms with Gasteiger partial charge in [0.15, 0.2) is 6.29 Å². The molecule has 4 rings (SSSR count). The van der Waals surface area contributed by atoms with Crippen LogP contribution < -0.4 is 5.32 Å². The Morgan fingerprint density at radius 2 is 1.78 bits per heavy atom. The van der Waals surface area contributed by atoms with Crippen molar-refractivity contribution in [3.63, 3.8) is 0 Å². The van der Waals surface area contributed by atoms with E-state index in [1.165, 1.54) is 12.4 Å².